The normalized spacial score (nSPS) is 15.2. The zero-order valence-electron chi connectivity index (χ0n) is 15.3. The fraction of sp³-hybridized carbons (Fsp3) is 0.261. The van der Waals surface area contributed by atoms with Crippen molar-refractivity contribution in [2.24, 2.45) is 0 Å². The molecule has 1 amide bonds. The molecule has 0 aliphatic carbocycles. The second-order valence-corrected chi connectivity index (χ2v) is 7.93. The Hall–Kier alpha value is -2.43. The maximum Gasteiger partial charge on any atom is 0.227 e. The van der Waals surface area contributed by atoms with Gasteiger partial charge in [0.05, 0.1) is 12.5 Å². The van der Waals surface area contributed by atoms with Crippen LogP contribution in [0.1, 0.15) is 22.0 Å². The third-order valence-corrected chi connectivity index (χ3v) is 6.04. The third kappa shape index (κ3) is 4.29. The Balaban J connectivity index is 1.46. The molecule has 0 spiro atoms. The van der Waals surface area contributed by atoms with Gasteiger partial charge in [-0.1, -0.05) is 66.7 Å². The smallest absolute Gasteiger partial charge is 0.227 e. The Bertz CT molecular complexity index is 801. The Morgan fingerprint density at radius 2 is 1.41 bits per heavy atom. The topological polar surface area (TPSA) is 23.6 Å². The van der Waals surface area contributed by atoms with E-state index in [2.05, 4.69) is 65.6 Å². The summed E-state index contributed by atoms with van der Waals surface area (Å²) in [6, 6.07) is 25.6. The highest BCUT2D eigenvalue weighted by atomic mass is 32.1. The van der Waals surface area contributed by atoms with E-state index in [4.69, 9.17) is 0 Å². The van der Waals surface area contributed by atoms with Crippen molar-refractivity contribution in [3.63, 3.8) is 0 Å². The van der Waals surface area contributed by atoms with Crippen LogP contribution < -0.4 is 0 Å². The van der Waals surface area contributed by atoms with Crippen molar-refractivity contribution in [3.8, 4) is 0 Å². The van der Waals surface area contributed by atoms with Crippen molar-refractivity contribution in [2.75, 3.05) is 26.2 Å². The molecule has 4 heteroatoms. The van der Waals surface area contributed by atoms with Gasteiger partial charge in [0.1, 0.15) is 0 Å². The van der Waals surface area contributed by atoms with E-state index in [9.17, 15) is 4.79 Å². The summed E-state index contributed by atoms with van der Waals surface area (Å²) >= 11 is 1.66. The summed E-state index contributed by atoms with van der Waals surface area (Å²) in [4.78, 5) is 18.3. The first-order valence-corrected chi connectivity index (χ1v) is 10.3. The van der Waals surface area contributed by atoms with E-state index < -0.39 is 0 Å². The summed E-state index contributed by atoms with van der Waals surface area (Å²) in [6.07, 6.45) is 0.526. The number of carbonyl (C=O) groups is 1. The van der Waals surface area contributed by atoms with Gasteiger partial charge in [0.15, 0.2) is 0 Å². The van der Waals surface area contributed by atoms with Crippen molar-refractivity contribution in [3.05, 3.63) is 94.2 Å². The molecule has 27 heavy (non-hydrogen) atoms. The molecule has 1 aliphatic rings. The van der Waals surface area contributed by atoms with Gasteiger partial charge < -0.3 is 4.90 Å². The van der Waals surface area contributed by atoms with Crippen molar-refractivity contribution < 1.29 is 4.79 Å². The highest BCUT2D eigenvalue weighted by Crippen LogP contribution is 2.29. The molecular weight excluding hydrogens is 352 g/mol. The first-order valence-electron chi connectivity index (χ1n) is 9.45. The number of carbonyl (C=O) groups excluding carboxylic acids is 1. The molecule has 1 aromatic heterocycles. The lowest BCUT2D eigenvalue weighted by atomic mass is 9.96. The number of piperazine rings is 1. The molecule has 1 fully saturated rings. The summed E-state index contributed by atoms with van der Waals surface area (Å²) in [7, 11) is 0. The van der Waals surface area contributed by atoms with Crippen LogP contribution in [-0.2, 0) is 11.2 Å². The highest BCUT2D eigenvalue weighted by Gasteiger charge is 2.28. The Kier molecular flexibility index (Phi) is 5.66. The highest BCUT2D eigenvalue weighted by molar-refractivity contribution is 7.10. The zero-order chi connectivity index (χ0) is 18.5. The van der Waals surface area contributed by atoms with Gasteiger partial charge in [-0.25, -0.2) is 0 Å². The maximum atomic E-state index is 12.6. The monoisotopic (exact) mass is 376 g/mol. The van der Waals surface area contributed by atoms with Gasteiger partial charge in [-0.2, -0.15) is 0 Å². The van der Waals surface area contributed by atoms with Crippen LogP contribution in [0.5, 0.6) is 0 Å². The van der Waals surface area contributed by atoms with E-state index in [1.165, 1.54) is 11.1 Å². The van der Waals surface area contributed by atoms with Gasteiger partial charge in [-0.15, -0.1) is 11.3 Å². The largest absolute Gasteiger partial charge is 0.340 e. The minimum absolute atomic E-state index is 0.238. The van der Waals surface area contributed by atoms with Crippen LogP contribution >= 0.6 is 11.3 Å². The number of rotatable bonds is 5. The van der Waals surface area contributed by atoms with Crippen molar-refractivity contribution in [1.82, 2.24) is 9.80 Å². The van der Waals surface area contributed by atoms with Crippen LogP contribution in [0, 0.1) is 0 Å². The van der Waals surface area contributed by atoms with E-state index in [-0.39, 0.29) is 11.9 Å². The molecule has 3 nitrogen and oxygen atoms in total. The van der Waals surface area contributed by atoms with Crippen LogP contribution in [0.15, 0.2) is 78.2 Å². The average Bonchev–Trinajstić information content (AvgIpc) is 3.23. The molecule has 0 saturated carbocycles. The van der Waals surface area contributed by atoms with Gasteiger partial charge in [-0.3, -0.25) is 9.69 Å². The summed E-state index contributed by atoms with van der Waals surface area (Å²) in [5, 5.41) is 2.03. The number of benzene rings is 2. The van der Waals surface area contributed by atoms with Crippen molar-refractivity contribution in [1.29, 1.82) is 0 Å². The molecule has 2 heterocycles. The second kappa shape index (κ2) is 8.51. The predicted octanol–water partition coefficient (Wildman–Crippen LogP) is 4.22. The van der Waals surface area contributed by atoms with E-state index >= 15 is 0 Å². The number of thiophene rings is 1. The summed E-state index contributed by atoms with van der Waals surface area (Å²) in [5.74, 6) is 0.244. The minimum Gasteiger partial charge on any atom is -0.340 e. The molecule has 2 aromatic carbocycles. The Morgan fingerprint density at radius 3 is 1.93 bits per heavy atom. The van der Waals surface area contributed by atoms with E-state index in [1.54, 1.807) is 11.3 Å². The van der Waals surface area contributed by atoms with Crippen LogP contribution in [0.2, 0.25) is 0 Å². The quantitative estimate of drug-likeness (QED) is 0.665. The van der Waals surface area contributed by atoms with Crippen LogP contribution in [0.4, 0.5) is 0 Å². The van der Waals surface area contributed by atoms with Gasteiger partial charge in [0, 0.05) is 31.1 Å². The van der Waals surface area contributed by atoms with Gasteiger partial charge in [0.25, 0.3) is 0 Å². The number of amides is 1. The number of hydrogen-bond donors (Lipinski definition) is 0. The molecule has 0 atom stereocenters. The minimum atomic E-state index is 0.238. The van der Waals surface area contributed by atoms with E-state index in [1.807, 2.05) is 22.4 Å². The second-order valence-electron chi connectivity index (χ2n) is 6.90. The predicted molar refractivity (Wildman–Crippen MR) is 111 cm³/mol. The Labute approximate surface area is 164 Å². The lowest BCUT2D eigenvalue weighted by Gasteiger charge is -2.39. The number of nitrogens with zero attached hydrogens (tertiary/aromatic N) is 2. The average molecular weight is 377 g/mol. The first-order chi connectivity index (χ1) is 13.3. The SMILES string of the molecule is O=C(Cc1cccs1)N1CCN(C(c2ccccc2)c2ccccc2)CC1. The van der Waals surface area contributed by atoms with Crippen LogP contribution in [0.25, 0.3) is 0 Å². The molecule has 0 unspecified atom stereocenters. The Morgan fingerprint density at radius 1 is 0.815 bits per heavy atom. The van der Waals surface area contributed by atoms with Crippen molar-refractivity contribution in [2.45, 2.75) is 12.5 Å². The summed E-state index contributed by atoms with van der Waals surface area (Å²) in [6.45, 7) is 3.37. The van der Waals surface area contributed by atoms with Crippen LogP contribution in [-0.4, -0.2) is 41.9 Å². The molecular formula is C23H24N2OS. The first kappa shape index (κ1) is 18.0. The summed E-state index contributed by atoms with van der Waals surface area (Å²) < 4.78 is 0. The van der Waals surface area contributed by atoms with Gasteiger partial charge in [0.2, 0.25) is 5.91 Å². The molecule has 0 radical (unpaired) electrons. The lowest BCUT2D eigenvalue weighted by Crippen LogP contribution is -2.50. The zero-order valence-corrected chi connectivity index (χ0v) is 16.1. The van der Waals surface area contributed by atoms with E-state index in [0.29, 0.717) is 6.42 Å². The van der Waals surface area contributed by atoms with Crippen LogP contribution in [0.3, 0.4) is 0 Å². The maximum absolute atomic E-state index is 12.6. The molecule has 0 N–H and O–H groups in total. The molecule has 1 saturated heterocycles. The molecule has 4 rings (SSSR count). The van der Waals surface area contributed by atoms with E-state index in [0.717, 1.165) is 31.1 Å². The molecule has 138 valence electrons. The number of hydrogen-bond acceptors (Lipinski definition) is 3. The van der Waals surface area contributed by atoms with Gasteiger partial charge in [-0.05, 0) is 22.6 Å². The fourth-order valence-electron chi connectivity index (χ4n) is 3.79. The standard InChI is InChI=1S/C23H24N2OS/c26-22(18-21-12-7-17-27-21)24-13-15-25(16-14-24)23(19-8-3-1-4-9-19)20-10-5-2-6-11-20/h1-12,17,23H,13-16,18H2. The molecule has 3 aromatic rings. The molecule has 1 aliphatic heterocycles. The fourth-order valence-corrected chi connectivity index (χ4v) is 4.48. The van der Waals surface area contributed by atoms with Crippen molar-refractivity contribution >= 4 is 17.2 Å². The van der Waals surface area contributed by atoms with Gasteiger partial charge >= 0.3 is 0 Å². The molecule has 0 bridgehead atoms. The third-order valence-electron chi connectivity index (χ3n) is 5.17. The lowest BCUT2D eigenvalue weighted by molar-refractivity contribution is -0.132. The summed E-state index contributed by atoms with van der Waals surface area (Å²) in [5.41, 5.74) is 2.61.